The van der Waals surface area contributed by atoms with Crippen LogP contribution in [-0.2, 0) is 7.05 Å². The van der Waals surface area contributed by atoms with Crippen LogP contribution in [0.25, 0.3) is 10.9 Å². The second kappa shape index (κ2) is 3.37. The Morgan fingerprint density at radius 2 is 1.88 bits per heavy atom. The van der Waals surface area contributed by atoms with Crippen molar-refractivity contribution in [2.75, 3.05) is 0 Å². The topological polar surface area (TPSA) is 79.5 Å². The highest BCUT2D eigenvalue weighted by Crippen LogP contribution is 2.22. The van der Waals surface area contributed by atoms with E-state index in [0.29, 0.717) is 10.9 Å². The number of hydrogen-bond acceptors (Lipinski definition) is 2. The van der Waals surface area contributed by atoms with Crippen LogP contribution >= 0.6 is 0 Å². The van der Waals surface area contributed by atoms with Gasteiger partial charge in [0.05, 0.1) is 11.1 Å². The number of aromatic nitrogens is 1. The van der Waals surface area contributed by atoms with Crippen LogP contribution in [0, 0.1) is 0 Å². The molecule has 2 N–H and O–H groups in total. The third-order valence-corrected chi connectivity index (χ3v) is 2.51. The van der Waals surface area contributed by atoms with Crippen LogP contribution in [0.1, 0.15) is 20.8 Å². The van der Waals surface area contributed by atoms with Crippen LogP contribution < -0.4 is 0 Å². The summed E-state index contributed by atoms with van der Waals surface area (Å²) in [4.78, 5) is 21.9. The third-order valence-electron chi connectivity index (χ3n) is 2.51. The van der Waals surface area contributed by atoms with Crippen LogP contribution in [0.4, 0.5) is 0 Å². The Balaban J connectivity index is 2.87. The molecule has 0 atom stereocenters. The number of aryl methyl sites for hydroxylation is 1. The van der Waals surface area contributed by atoms with Crippen LogP contribution in [0.5, 0.6) is 0 Å². The van der Waals surface area contributed by atoms with E-state index in [1.165, 1.54) is 23.7 Å². The Kier molecular flexibility index (Phi) is 2.16. The minimum Gasteiger partial charge on any atom is -0.478 e. The summed E-state index contributed by atoms with van der Waals surface area (Å²) in [6.07, 6.45) is 0. The summed E-state index contributed by atoms with van der Waals surface area (Å²) < 4.78 is 1.38. The molecule has 0 spiro atoms. The number of hydrogen-bond donors (Lipinski definition) is 2. The Morgan fingerprint density at radius 3 is 2.44 bits per heavy atom. The van der Waals surface area contributed by atoms with E-state index in [1.807, 2.05) is 0 Å². The van der Waals surface area contributed by atoms with Gasteiger partial charge in [-0.15, -0.1) is 0 Å². The highest BCUT2D eigenvalue weighted by atomic mass is 16.4. The van der Waals surface area contributed by atoms with Gasteiger partial charge in [0, 0.05) is 12.4 Å². The van der Waals surface area contributed by atoms with Gasteiger partial charge in [-0.1, -0.05) is 12.1 Å². The summed E-state index contributed by atoms with van der Waals surface area (Å²) in [5, 5.41) is 18.5. The largest absolute Gasteiger partial charge is 0.478 e. The zero-order valence-corrected chi connectivity index (χ0v) is 8.47. The van der Waals surface area contributed by atoms with Gasteiger partial charge in [0.2, 0.25) is 0 Å². The summed E-state index contributed by atoms with van der Waals surface area (Å²) >= 11 is 0. The molecule has 0 radical (unpaired) electrons. The van der Waals surface area contributed by atoms with Crippen molar-refractivity contribution in [2.24, 2.45) is 7.05 Å². The van der Waals surface area contributed by atoms with Crippen LogP contribution in [-0.4, -0.2) is 26.7 Å². The first kappa shape index (κ1) is 10.2. The quantitative estimate of drug-likeness (QED) is 0.803. The smallest absolute Gasteiger partial charge is 0.352 e. The molecule has 1 aromatic heterocycles. The van der Waals surface area contributed by atoms with Crippen LogP contribution in [0.3, 0.4) is 0 Å². The lowest BCUT2D eigenvalue weighted by Gasteiger charge is -2.02. The monoisotopic (exact) mass is 219 g/mol. The summed E-state index contributed by atoms with van der Waals surface area (Å²) in [5.74, 6) is -2.14. The van der Waals surface area contributed by atoms with Gasteiger partial charge in [-0.25, -0.2) is 9.59 Å². The number of rotatable bonds is 2. The number of nitrogens with zero attached hydrogens (tertiary/aromatic N) is 1. The van der Waals surface area contributed by atoms with Gasteiger partial charge in [-0.2, -0.15) is 0 Å². The lowest BCUT2D eigenvalue weighted by atomic mass is 10.1. The van der Waals surface area contributed by atoms with Crippen molar-refractivity contribution in [3.05, 3.63) is 35.5 Å². The second-order valence-electron chi connectivity index (χ2n) is 3.44. The standard InChI is InChI=1S/C11H9NO4/c1-12-8(11(15)16)5-6-3-2-4-7(9(6)12)10(13)14/h2-5H,1H3,(H,13,14)(H,15,16). The van der Waals surface area contributed by atoms with Gasteiger partial charge < -0.3 is 14.8 Å². The minimum absolute atomic E-state index is 0.0729. The van der Waals surface area contributed by atoms with Crippen molar-refractivity contribution in [1.29, 1.82) is 0 Å². The molecule has 0 aliphatic rings. The molecule has 0 aliphatic heterocycles. The Bertz CT molecular complexity index is 597. The maximum absolute atomic E-state index is 11.0. The molecule has 5 nitrogen and oxygen atoms in total. The average Bonchev–Trinajstić information content (AvgIpc) is 2.56. The molecule has 0 saturated heterocycles. The molecule has 1 aromatic carbocycles. The summed E-state index contributed by atoms with van der Waals surface area (Å²) in [7, 11) is 1.54. The number of fused-ring (bicyclic) bond motifs is 1. The first-order valence-corrected chi connectivity index (χ1v) is 4.57. The van der Waals surface area contributed by atoms with Crippen molar-refractivity contribution in [1.82, 2.24) is 4.57 Å². The lowest BCUT2D eigenvalue weighted by molar-refractivity contribution is 0.0677. The van der Waals surface area contributed by atoms with Crippen molar-refractivity contribution in [3.63, 3.8) is 0 Å². The SMILES string of the molecule is Cn1c(C(=O)O)cc2cccc(C(=O)O)c21. The predicted molar refractivity (Wildman–Crippen MR) is 56.8 cm³/mol. The van der Waals surface area contributed by atoms with Gasteiger partial charge in [0.25, 0.3) is 0 Å². The maximum atomic E-state index is 11.0. The number of aromatic carboxylic acids is 2. The average molecular weight is 219 g/mol. The lowest BCUT2D eigenvalue weighted by Crippen LogP contribution is -2.06. The molecule has 0 aliphatic carbocycles. The van der Waals surface area contributed by atoms with Crippen molar-refractivity contribution >= 4 is 22.8 Å². The summed E-state index contributed by atoms with van der Waals surface area (Å²) in [6, 6.07) is 6.20. The molecule has 1 heterocycles. The molecule has 2 rings (SSSR count). The Morgan fingerprint density at radius 1 is 1.19 bits per heavy atom. The van der Waals surface area contributed by atoms with E-state index in [4.69, 9.17) is 10.2 Å². The molecule has 2 aromatic rings. The normalized spacial score (nSPS) is 10.6. The van der Waals surface area contributed by atoms with E-state index in [2.05, 4.69) is 0 Å². The number of benzene rings is 1. The molecule has 5 heteroatoms. The highest BCUT2D eigenvalue weighted by molar-refractivity contribution is 6.05. The zero-order valence-electron chi connectivity index (χ0n) is 8.47. The molecule has 0 saturated carbocycles. The molecule has 0 amide bonds. The fraction of sp³-hybridized carbons (Fsp3) is 0.0909. The van der Waals surface area contributed by atoms with Crippen molar-refractivity contribution < 1.29 is 19.8 Å². The molecular formula is C11H9NO4. The number of carboxylic acids is 2. The summed E-state index contributed by atoms with van der Waals surface area (Å²) in [6.45, 7) is 0. The van der Waals surface area contributed by atoms with Gasteiger partial charge in [-0.05, 0) is 12.1 Å². The third kappa shape index (κ3) is 1.33. The van der Waals surface area contributed by atoms with Gasteiger partial charge >= 0.3 is 11.9 Å². The fourth-order valence-electron chi connectivity index (χ4n) is 1.79. The van der Waals surface area contributed by atoms with Gasteiger partial charge in [0.15, 0.2) is 0 Å². The first-order valence-electron chi connectivity index (χ1n) is 4.57. The number of carboxylic acid groups (broad SMARTS) is 2. The molecule has 0 unspecified atom stereocenters. The Hall–Kier alpha value is -2.30. The van der Waals surface area contributed by atoms with Crippen LogP contribution in [0.2, 0.25) is 0 Å². The minimum atomic E-state index is -1.07. The van der Waals surface area contributed by atoms with E-state index in [0.717, 1.165) is 0 Å². The fourth-order valence-corrected chi connectivity index (χ4v) is 1.79. The maximum Gasteiger partial charge on any atom is 0.352 e. The van der Waals surface area contributed by atoms with Crippen molar-refractivity contribution in [2.45, 2.75) is 0 Å². The molecule has 82 valence electrons. The first-order chi connectivity index (χ1) is 7.52. The molecule has 0 fully saturated rings. The summed E-state index contributed by atoms with van der Waals surface area (Å²) in [5.41, 5.74) is 0.601. The highest BCUT2D eigenvalue weighted by Gasteiger charge is 2.16. The van der Waals surface area contributed by atoms with E-state index < -0.39 is 11.9 Å². The van der Waals surface area contributed by atoms with E-state index >= 15 is 0 Å². The molecule has 0 bridgehead atoms. The number of carbonyl (C=O) groups is 2. The molecular weight excluding hydrogens is 210 g/mol. The molecule has 16 heavy (non-hydrogen) atoms. The van der Waals surface area contributed by atoms with E-state index in [1.54, 1.807) is 12.1 Å². The van der Waals surface area contributed by atoms with Gasteiger partial charge in [0.1, 0.15) is 5.69 Å². The van der Waals surface area contributed by atoms with Crippen LogP contribution in [0.15, 0.2) is 24.3 Å². The second-order valence-corrected chi connectivity index (χ2v) is 3.44. The van der Waals surface area contributed by atoms with E-state index in [-0.39, 0.29) is 11.3 Å². The Labute approximate surface area is 90.5 Å². The zero-order chi connectivity index (χ0) is 11.9. The number of para-hydroxylation sites is 1. The van der Waals surface area contributed by atoms with Crippen molar-refractivity contribution in [3.8, 4) is 0 Å². The predicted octanol–water partition coefficient (Wildman–Crippen LogP) is 1.57. The van der Waals surface area contributed by atoms with Gasteiger partial charge in [-0.3, -0.25) is 0 Å². The van der Waals surface area contributed by atoms with E-state index in [9.17, 15) is 9.59 Å².